The number of benzene rings is 3. The summed E-state index contributed by atoms with van der Waals surface area (Å²) in [7, 11) is 0. The summed E-state index contributed by atoms with van der Waals surface area (Å²) in [5, 5.41) is 0.914. The summed E-state index contributed by atoms with van der Waals surface area (Å²) in [5.74, 6) is -0.0837. The lowest BCUT2D eigenvalue weighted by molar-refractivity contribution is 0.157. The topological polar surface area (TPSA) is 34.5 Å². The molecular weight excluding hydrogens is 554 g/mol. The minimum absolute atomic E-state index is 0.0174. The molecule has 7 heteroatoms. The number of hydrogen-bond donors (Lipinski definition) is 0. The predicted octanol–water partition coefficient (Wildman–Crippen LogP) is 7.59. The highest BCUT2D eigenvalue weighted by molar-refractivity contribution is 14.1. The van der Waals surface area contributed by atoms with Crippen LogP contribution in [0, 0.1) is 9.39 Å². The van der Waals surface area contributed by atoms with Crippen molar-refractivity contribution >= 4 is 51.2 Å². The summed E-state index contributed by atoms with van der Waals surface area (Å²) in [4.78, 5) is 14.3. The van der Waals surface area contributed by atoms with E-state index >= 15 is 0 Å². The van der Waals surface area contributed by atoms with Gasteiger partial charge in [0.15, 0.2) is 0 Å². The number of carbonyl (C=O) groups excluding carboxylic acids is 1. The molecule has 0 aliphatic heterocycles. The van der Waals surface area contributed by atoms with Crippen molar-refractivity contribution in [2.45, 2.75) is 20.4 Å². The number of nitrogens with zero attached hydrogens (tertiary/aromatic N) is 2. The van der Waals surface area contributed by atoms with Gasteiger partial charge in [0.05, 0.1) is 5.02 Å². The van der Waals surface area contributed by atoms with Crippen LogP contribution in [0.3, 0.4) is 0 Å². The molecule has 0 spiro atoms. The van der Waals surface area contributed by atoms with Gasteiger partial charge in [-0.15, -0.1) is 0 Å². The first-order valence-corrected chi connectivity index (χ1v) is 12.2. The van der Waals surface area contributed by atoms with Crippen LogP contribution < -0.4 is 4.74 Å². The van der Waals surface area contributed by atoms with E-state index in [1.54, 1.807) is 23.1 Å². The molecule has 3 aromatic carbocycles. The molecule has 0 saturated carbocycles. The summed E-state index contributed by atoms with van der Waals surface area (Å²) >= 11 is 8.44. The number of aromatic nitrogens is 1. The van der Waals surface area contributed by atoms with Gasteiger partial charge in [-0.2, -0.15) is 0 Å². The lowest BCUT2D eigenvalue weighted by atomic mass is 10.0. The molecule has 1 heterocycles. The quantitative estimate of drug-likeness (QED) is 0.222. The molecule has 0 unspecified atom stereocenters. The van der Waals surface area contributed by atoms with Crippen LogP contribution in [-0.2, 0) is 6.54 Å². The third-order valence-electron chi connectivity index (χ3n) is 5.64. The monoisotopic (exact) mass is 576 g/mol. The van der Waals surface area contributed by atoms with Crippen molar-refractivity contribution in [3.05, 3.63) is 86.8 Å². The standard InChI is InChI=1S/C26H23ClFIN2O2/c1-3-30(4-2)26(32)33-24-12-11-23-19(25(24)17-9-10-21(28)20(27)15-17)13-14-31(23)16-18-7-5-6-8-22(18)29/h5-15H,3-4,16H2,1-2H3. The normalized spacial score (nSPS) is 11.1. The highest BCUT2D eigenvalue weighted by atomic mass is 127. The number of fused-ring (bicyclic) bond motifs is 1. The fourth-order valence-electron chi connectivity index (χ4n) is 3.88. The fourth-order valence-corrected chi connectivity index (χ4v) is 4.61. The van der Waals surface area contributed by atoms with Crippen molar-refractivity contribution in [3.8, 4) is 16.9 Å². The van der Waals surface area contributed by atoms with E-state index in [1.165, 1.54) is 15.2 Å². The first kappa shape index (κ1) is 23.6. The zero-order chi connectivity index (χ0) is 23.5. The van der Waals surface area contributed by atoms with Gasteiger partial charge >= 0.3 is 6.09 Å². The lowest BCUT2D eigenvalue weighted by Gasteiger charge is -2.20. The van der Waals surface area contributed by atoms with E-state index in [-0.39, 0.29) is 5.02 Å². The largest absolute Gasteiger partial charge is 0.415 e. The molecule has 1 amide bonds. The molecule has 0 radical (unpaired) electrons. The first-order chi connectivity index (χ1) is 15.9. The molecule has 0 fully saturated rings. The van der Waals surface area contributed by atoms with Gasteiger partial charge in [-0.05, 0) is 84.0 Å². The SMILES string of the molecule is CCN(CC)C(=O)Oc1ccc2c(ccn2Cc2ccccc2I)c1-c1ccc(F)c(Cl)c1. The van der Waals surface area contributed by atoms with E-state index in [4.69, 9.17) is 16.3 Å². The van der Waals surface area contributed by atoms with Crippen molar-refractivity contribution in [3.63, 3.8) is 0 Å². The Balaban J connectivity index is 1.84. The maximum Gasteiger partial charge on any atom is 0.415 e. The third kappa shape index (κ3) is 4.87. The molecule has 33 heavy (non-hydrogen) atoms. The molecule has 0 aliphatic rings. The van der Waals surface area contributed by atoms with Gasteiger partial charge < -0.3 is 14.2 Å². The minimum Gasteiger partial charge on any atom is -0.410 e. The van der Waals surface area contributed by atoms with Gasteiger partial charge in [0.1, 0.15) is 11.6 Å². The maximum absolute atomic E-state index is 13.9. The van der Waals surface area contributed by atoms with Crippen molar-refractivity contribution in [2.75, 3.05) is 13.1 Å². The zero-order valence-electron chi connectivity index (χ0n) is 18.3. The number of halogens is 3. The summed E-state index contributed by atoms with van der Waals surface area (Å²) < 4.78 is 23.0. The van der Waals surface area contributed by atoms with Crippen molar-refractivity contribution in [2.24, 2.45) is 0 Å². The van der Waals surface area contributed by atoms with Gasteiger partial charge in [-0.25, -0.2) is 9.18 Å². The van der Waals surface area contributed by atoms with E-state index < -0.39 is 11.9 Å². The second-order valence-corrected chi connectivity index (χ2v) is 9.15. The smallest absolute Gasteiger partial charge is 0.410 e. The Morgan fingerprint density at radius 3 is 2.55 bits per heavy atom. The molecular formula is C26H23ClFIN2O2. The lowest BCUT2D eigenvalue weighted by Crippen LogP contribution is -2.33. The molecule has 170 valence electrons. The van der Waals surface area contributed by atoms with Gasteiger partial charge in [0.2, 0.25) is 0 Å². The second kappa shape index (κ2) is 10.1. The fraction of sp³-hybridized carbons (Fsp3) is 0.192. The van der Waals surface area contributed by atoms with Crippen molar-refractivity contribution in [1.82, 2.24) is 9.47 Å². The summed E-state index contributed by atoms with van der Waals surface area (Å²) in [6.07, 6.45) is 1.59. The maximum atomic E-state index is 13.9. The number of ether oxygens (including phenoxy) is 1. The Labute approximate surface area is 211 Å². The minimum atomic E-state index is -0.495. The highest BCUT2D eigenvalue weighted by Gasteiger charge is 2.20. The Morgan fingerprint density at radius 1 is 1.09 bits per heavy atom. The average Bonchev–Trinajstić information content (AvgIpc) is 3.21. The van der Waals surface area contributed by atoms with Crippen LogP contribution >= 0.6 is 34.2 Å². The van der Waals surface area contributed by atoms with E-state index in [2.05, 4.69) is 39.3 Å². The van der Waals surface area contributed by atoms with Crippen LogP contribution in [0.2, 0.25) is 5.02 Å². The van der Waals surface area contributed by atoms with Crippen LogP contribution in [-0.4, -0.2) is 28.6 Å². The number of carbonyl (C=O) groups is 1. The molecule has 4 aromatic rings. The van der Waals surface area contributed by atoms with Crippen molar-refractivity contribution in [1.29, 1.82) is 0 Å². The van der Waals surface area contributed by atoms with Gasteiger partial charge in [0.25, 0.3) is 0 Å². The highest BCUT2D eigenvalue weighted by Crippen LogP contribution is 2.39. The van der Waals surface area contributed by atoms with Gasteiger partial charge in [-0.3, -0.25) is 0 Å². The van der Waals surface area contributed by atoms with Crippen LogP contribution in [0.15, 0.2) is 66.9 Å². The zero-order valence-corrected chi connectivity index (χ0v) is 21.2. The molecule has 4 nitrogen and oxygen atoms in total. The van der Waals surface area contributed by atoms with E-state index in [0.29, 0.717) is 36.5 Å². The summed E-state index contributed by atoms with van der Waals surface area (Å²) in [6.45, 7) is 5.59. The number of amides is 1. The predicted molar refractivity (Wildman–Crippen MR) is 140 cm³/mol. The van der Waals surface area contributed by atoms with E-state index in [0.717, 1.165) is 10.9 Å². The van der Waals surface area contributed by atoms with E-state index in [9.17, 15) is 9.18 Å². The molecule has 0 saturated heterocycles. The summed E-state index contributed by atoms with van der Waals surface area (Å²) in [6, 6.07) is 18.5. The number of hydrogen-bond acceptors (Lipinski definition) is 2. The first-order valence-electron chi connectivity index (χ1n) is 10.7. The van der Waals surface area contributed by atoms with Gasteiger partial charge in [-0.1, -0.05) is 35.9 Å². The van der Waals surface area contributed by atoms with E-state index in [1.807, 2.05) is 44.3 Å². The Hall–Kier alpha value is -2.58. The molecule has 0 atom stereocenters. The second-order valence-electron chi connectivity index (χ2n) is 7.58. The van der Waals surface area contributed by atoms with Crippen LogP contribution in [0.5, 0.6) is 5.75 Å². The molecule has 1 aromatic heterocycles. The van der Waals surface area contributed by atoms with Crippen LogP contribution in [0.1, 0.15) is 19.4 Å². The van der Waals surface area contributed by atoms with Gasteiger partial charge in [0, 0.05) is 45.9 Å². The summed E-state index contributed by atoms with van der Waals surface area (Å²) in [5.41, 5.74) is 3.57. The molecule has 0 N–H and O–H groups in total. The molecule has 4 rings (SSSR count). The van der Waals surface area contributed by atoms with Crippen molar-refractivity contribution < 1.29 is 13.9 Å². The Morgan fingerprint density at radius 2 is 1.85 bits per heavy atom. The van der Waals surface area contributed by atoms with Crippen LogP contribution in [0.25, 0.3) is 22.0 Å². The average molecular weight is 577 g/mol. The molecule has 0 aliphatic carbocycles. The van der Waals surface area contributed by atoms with Crippen LogP contribution in [0.4, 0.5) is 9.18 Å². The Bertz CT molecular complexity index is 1320. The number of rotatable bonds is 6. The third-order valence-corrected chi connectivity index (χ3v) is 6.98. The molecule has 0 bridgehead atoms. The Kier molecular flexibility index (Phi) is 7.24.